The normalized spacial score (nSPS) is 25.3. The molecule has 0 aromatic carbocycles. The zero-order valence-electron chi connectivity index (χ0n) is 13.1. The van der Waals surface area contributed by atoms with Crippen LogP contribution in [-0.4, -0.2) is 41.6 Å². The first-order valence-corrected chi connectivity index (χ1v) is 7.51. The minimum Gasteiger partial charge on any atom is -0.465 e. The average molecular weight is 270 g/mol. The van der Waals surface area contributed by atoms with E-state index in [1.54, 1.807) is 6.92 Å². The van der Waals surface area contributed by atoms with E-state index < -0.39 is 5.54 Å². The summed E-state index contributed by atoms with van der Waals surface area (Å²) in [6, 6.07) is 0.933. The molecule has 0 aliphatic carbocycles. The lowest BCUT2D eigenvalue weighted by atomic mass is 9.92. The van der Waals surface area contributed by atoms with Crippen molar-refractivity contribution < 1.29 is 9.53 Å². The van der Waals surface area contributed by atoms with Crippen LogP contribution in [0, 0.1) is 5.92 Å². The third-order valence-electron chi connectivity index (χ3n) is 4.14. The molecule has 0 aromatic rings. The number of nitrogens with two attached hydrogens (primary N) is 1. The van der Waals surface area contributed by atoms with Gasteiger partial charge in [-0.3, -0.25) is 9.69 Å². The number of hydrogen-bond acceptors (Lipinski definition) is 4. The largest absolute Gasteiger partial charge is 0.465 e. The molecule has 1 aliphatic heterocycles. The number of esters is 1. The third kappa shape index (κ3) is 4.18. The number of carbonyl (C=O) groups is 1. The summed E-state index contributed by atoms with van der Waals surface area (Å²) in [7, 11) is 0. The second-order valence-corrected chi connectivity index (χ2v) is 6.38. The third-order valence-corrected chi connectivity index (χ3v) is 4.14. The second kappa shape index (κ2) is 6.71. The quantitative estimate of drug-likeness (QED) is 0.752. The van der Waals surface area contributed by atoms with Gasteiger partial charge in [-0.25, -0.2) is 0 Å². The summed E-state index contributed by atoms with van der Waals surface area (Å²) in [5.41, 5.74) is 5.25. The number of likely N-dealkylation sites (tertiary alicyclic amines) is 1. The molecule has 4 nitrogen and oxygen atoms in total. The molecule has 0 spiro atoms. The summed E-state index contributed by atoms with van der Waals surface area (Å²) in [6.45, 7) is 11.8. The van der Waals surface area contributed by atoms with Gasteiger partial charge in [-0.1, -0.05) is 13.8 Å². The smallest absolute Gasteiger partial charge is 0.325 e. The molecule has 3 atom stereocenters. The van der Waals surface area contributed by atoms with Crippen molar-refractivity contribution in [1.82, 2.24) is 4.90 Å². The van der Waals surface area contributed by atoms with E-state index in [1.807, 2.05) is 6.92 Å². The van der Waals surface area contributed by atoms with E-state index in [1.165, 1.54) is 12.8 Å². The predicted octanol–water partition coefficient (Wildman–Crippen LogP) is 2.17. The summed E-state index contributed by atoms with van der Waals surface area (Å²) in [6.07, 6.45) is 3.14. The van der Waals surface area contributed by atoms with Gasteiger partial charge in [-0.2, -0.15) is 0 Å². The highest BCUT2D eigenvalue weighted by atomic mass is 16.5. The number of ether oxygens (including phenoxy) is 1. The SMILES string of the molecule is CCOC(=O)C(C)(N)CC(C)N1CCCC1C(C)C. The van der Waals surface area contributed by atoms with Crippen LogP contribution < -0.4 is 5.73 Å². The first kappa shape index (κ1) is 16.4. The van der Waals surface area contributed by atoms with Crippen molar-refractivity contribution in [3.05, 3.63) is 0 Å². The Balaban J connectivity index is 2.63. The number of hydrogen-bond donors (Lipinski definition) is 1. The Morgan fingerprint density at radius 3 is 2.63 bits per heavy atom. The topological polar surface area (TPSA) is 55.6 Å². The lowest BCUT2D eigenvalue weighted by molar-refractivity contribution is -0.149. The second-order valence-electron chi connectivity index (χ2n) is 6.38. The van der Waals surface area contributed by atoms with Crippen LogP contribution in [0.15, 0.2) is 0 Å². The van der Waals surface area contributed by atoms with Gasteiger partial charge in [0.25, 0.3) is 0 Å². The van der Waals surface area contributed by atoms with Gasteiger partial charge in [0.05, 0.1) is 6.61 Å². The fraction of sp³-hybridized carbons (Fsp3) is 0.933. The van der Waals surface area contributed by atoms with Crippen molar-refractivity contribution >= 4 is 5.97 Å². The Bertz CT molecular complexity index is 303. The summed E-state index contributed by atoms with van der Waals surface area (Å²) in [5, 5.41) is 0. The minimum atomic E-state index is -0.889. The fourth-order valence-corrected chi connectivity index (χ4v) is 3.19. The molecule has 1 aliphatic rings. The maximum Gasteiger partial charge on any atom is 0.325 e. The molecule has 0 amide bonds. The molecule has 1 heterocycles. The summed E-state index contributed by atoms with van der Waals surface area (Å²) in [5.74, 6) is 0.360. The molecule has 0 saturated carbocycles. The van der Waals surface area contributed by atoms with Crippen LogP contribution in [-0.2, 0) is 9.53 Å². The van der Waals surface area contributed by atoms with Crippen LogP contribution in [0.2, 0.25) is 0 Å². The van der Waals surface area contributed by atoms with Crippen molar-refractivity contribution in [3.63, 3.8) is 0 Å². The Morgan fingerprint density at radius 2 is 2.11 bits per heavy atom. The molecule has 0 radical (unpaired) electrons. The van der Waals surface area contributed by atoms with Gasteiger partial charge in [-0.15, -0.1) is 0 Å². The Hall–Kier alpha value is -0.610. The molecule has 1 saturated heterocycles. The molecule has 3 unspecified atom stereocenters. The zero-order valence-corrected chi connectivity index (χ0v) is 13.1. The summed E-state index contributed by atoms with van der Waals surface area (Å²) < 4.78 is 5.06. The lowest BCUT2D eigenvalue weighted by Crippen LogP contribution is -2.52. The highest BCUT2D eigenvalue weighted by Gasteiger charge is 2.37. The zero-order chi connectivity index (χ0) is 14.6. The number of rotatable bonds is 6. The van der Waals surface area contributed by atoms with Crippen LogP contribution in [0.4, 0.5) is 0 Å². The monoisotopic (exact) mass is 270 g/mol. The Labute approximate surface area is 117 Å². The molecular formula is C15H30N2O2. The number of nitrogens with zero attached hydrogens (tertiary/aromatic N) is 1. The van der Waals surface area contributed by atoms with E-state index in [9.17, 15) is 4.79 Å². The molecule has 1 fully saturated rings. The molecule has 0 bridgehead atoms. The molecule has 2 N–H and O–H groups in total. The van der Waals surface area contributed by atoms with E-state index in [2.05, 4.69) is 25.7 Å². The van der Waals surface area contributed by atoms with Gasteiger partial charge < -0.3 is 10.5 Å². The molecule has 1 rings (SSSR count). The highest BCUT2D eigenvalue weighted by molar-refractivity contribution is 5.80. The molecule has 112 valence electrons. The van der Waals surface area contributed by atoms with Gasteiger partial charge in [0.15, 0.2) is 0 Å². The van der Waals surface area contributed by atoms with Gasteiger partial charge in [0.1, 0.15) is 5.54 Å². The van der Waals surface area contributed by atoms with Crippen LogP contribution in [0.1, 0.15) is 53.9 Å². The standard InChI is InChI=1S/C15H30N2O2/c1-6-19-14(18)15(5,16)10-12(4)17-9-7-8-13(17)11(2)3/h11-13H,6-10,16H2,1-5H3. The van der Waals surface area contributed by atoms with Crippen molar-refractivity contribution in [2.24, 2.45) is 11.7 Å². The Morgan fingerprint density at radius 1 is 1.47 bits per heavy atom. The summed E-state index contributed by atoms with van der Waals surface area (Å²) >= 11 is 0. The molecule has 0 aromatic heterocycles. The molecule has 19 heavy (non-hydrogen) atoms. The number of carbonyl (C=O) groups excluding carboxylic acids is 1. The predicted molar refractivity (Wildman–Crippen MR) is 77.9 cm³/mol. The molecule has 4 heteroatoms. The van der Waals surface area contributed by atoms with Crippen molar-refractivity contribution in [2.45, 2.75) is 71.5 Å². The van der Waals surface area contributed by atoms with Gasteiger partial charge >= 0.3 is 5.97 Å². The van der Waals surface area contributed by atoms with Crippen LogP contribution >= 0.6 is 0 Å². The van der Waals surface area contributed by atoms with Gasteiger partial charge in [0, 0.05) is 12.1 Å². The minimum absolute atomic E-state index is 0.290. The van der Waals surface area contributed by atoms with E-state index in [0.29, 0.717) is 31.0 Å². The van der Waals surface area contributed by atoms with E-state index in [-0.39, 0.29) is 5.97 Å². The first-order valence-electron chi connectivity index (χ1n) is 7.51. The van der Waals surface area contributed by atoms with Gasteiger partial charge in [-0.05, 0) is 52.5 Å². The van der Waals surface area contributed by atoms with Crippen LogP contribution in [0.25, 0.3) is 0 Å². The lowest BCUT2D eigenvalue weighted by Gasteiger charge is -2.36. The average Bonchev–Trinajstić information content (AvgIpc) is 2.77. The van der Waals surface area contributed by atoms with Crippen LogP contribution in [0.3, 0.4) is 0 Å². The van der Waals surface area contributed by atoms with Crippen molar-refractivity contribution in [1.29, 1.82) is 0 Å². The van der Waals surface area contributed by atoms with Crippen LogP contribution in [0.5, 0.6) is 0 Å². The van der Waals surface area contributed by atoms with E-state index in [0.717, 1.165) is 6.54 Å². The fourth-order valence-electron chi connectivity index (χ4n) is 3.19. The van der Waals surface area contributed by atoms with Crippen molar-refractivity contribution in [3.8, 4) is 0 Å². The van der Waals surface area contributed by atoms with Gasteiger partial charge in [0.2, 0.25) is 0 Å². The summed E-state index contributed by atoms with van der Waals surface area (Å²) in [4.78, 5) is 14.4. The molecular weight excluding hydrogens is 240 g/mol. The first-order chi connectivity index (χ1) is 8.79. The Kier molecular flexibility index (Phi) is 5.81. The maximum absolute atomic E-state index is 11.9. The van der Waals surface area contributed by atoms with E-state index >= 15 is 0 Å². The van der Waals surface area contributed by atoms with Crippen molar-refractivity contribution in [2.75, 3.05) is 13.2 Å². The maximum atomic E-state index is 11.9. The highest BCUT2D eigenvalue weighted by Crippen LogP contribution is 2.28. The van der Waals surface area contributed by atoms with E-state index in [4.69, 9.17) is 10.5 Å².